The second kappa shape index (κ2) is 9.90. The number of ether oxygens (including phenoxy) is 1. The van der Waals surface area contributed by atoms with E-state index in [9.17, 15) is 22.8 Å². The zero-order valence-electron chi connectivity index (χ0n) is 17.6. The van der Waals surface area contributed by atoms with Gasteiger partial charge in [-0.1, -0.05) is 5.92 Å². The minimum absolute atomic E-state index is 0.0379. The van der Waals surface area contributed by atoms with E-state index in [1.54, 1.807) is 13.2 Å². The van der Waals surface area contributed by atoms with E-state index in [4.69, 9.17) is 4.74 Å². The number of nitrogens with one attached hydrogen (secondary N) is 3. The monoisotopic (exact) mass is 460 g/mol. The van der Waals surface area contributed by atoms with Crippen LogP contribution in [0.5, 0.6) is 5.75 Å². The molecule has 0 fully saturated rings. The molecule has 0 unspecified atom stereocenters. The Labute approximate surface area is 186 Å². The summed E-state index contributed by atoms with van der Waals surface area (Å²) in [5.74, 6) is 4.38. The Hall–Kier alpha value is -4.27. The van der Waals surface area contributed by atoms with Gasteiger partial charge >= 0.3 is 12.1 Å². The molecule has 0 radical (unpaired) electrons. The number of rotatable bonds is 6. The zero-order chi connectivity index (χ0) is 24.0. The van der Waals surface area contributed by atoms with Gasteiger partial charge in [-0.05, 0) is 18.2 Å². The number of aromatic amines is 1. The van der Waals surface area contributed by atoms with Crippen molar-refractivity contribution in [1.82, 2.24) is 25.1 Å². The van der Waals surface area contributed by atoms with Crippen LogP contribution in [0.25, 0.3) is 11.4 Å². The van der Waals surface area contributed by atoms with E-state index in [2.05, 4.69) is 37.5 Å². The van der Waals surface area contributed by atoms with E-state index in [0.29, 0.717) is 11.8 Å². The van der Waals surface area contributed by atoms with Crippen molar-refractivity contribution in [2.75, 3.05) is 18.5 Å². The van der Waals surface area contributed by atoms with Crippen molar-refractivity contribution in [1.29, 1.82) is 0 Å². The highest BCUT2D eigenvalue weighted by Gasteiger charge is 2.33. The maximum absolute atomic E-state index is 12.9. The van der Waals surface area contributed by atoms with Crippen LogP contribution in [0.2, 0.25) is 0 Å². The summed E-state index contributed by atoms with van der Waals surface area (Å²) in [5.41, 5.74) is -0.00879. The molecule has 1 aromatic carbocycles. The molecule has 172 valence electrons. The maximum Gasteiger partial charge on any atom is 0.432 e. The summed E-state index contributed by atoms with van der Waals surface area (Å²) in [4.78, 5) is 29.3. The summed E-state index contributed by atoms with van der Waals surface area (Å²) in [6.45, 7) is 1.68. The number of carbonyl (C=O) groups excluding carboxylic acids is 2. The summed E-state index contributed by atoms with van der Waals surface area (Å²) in [6, 6.07) is 4.38. The molecule has 9 nitrogen and oxygen atoms in total. The van der Waals surface area contributed by atoms with Gasteiger partial charge in [-0.2, -0.15) is 18.3 Å². The molecule has 0 aliphatic heterocycles. The number of alkyl halides is 3. The fraction of sp³-hybridized carbons (Fsp3) is 0.238. The molecular weight excluding hydrogens is 441 g/mol. The average molecular weight is 460 g/mol. The van der Waals surface area contributed by atoms with E-state index in [0.717, 1.165) is 0 Å². The SMILES string of the molecule is CC(=O)NCCOc1ccc(-c2ncc(C(F)(F)F)[nH]2)cc1NC(=O)C#Cc1cnn(C)c1. The van der Waals surface area contributed by atoms with Crippen LogP contribution in [0, 0.1) is 11.8 Å². The molecule has 2 amide bonds. The number of H-pyrrole nitrogens is 1. The molecule has 0 saturated carbocycles. The molecule has 0 aliphatic carbocycles. The Morgan fingerprint density at radius 3 is 2.70 bits per heavy atom. The first-order chi connectivity index (χ1) is 15.6. The van der Waals surface area contributed by atoms with Crippen LogP contribution in [-0.2, 0) is 22.8 Å². The molecule has 0 spiro atoms. The van der Waals surface area contributed by atoms with Crippen LogP contribution < -0.4 is 15.4 Å². The molecule has 33 heavy (non-hydrogen) atoms. The van der Waals surface area contributed by atoms with Crippen LogP contribution in [0.15, 0.2) is 36.8 Å². The number of carbonyl (C=O) groups is 2. The van der Waals surface area contributed by atoms with Gasteiger partial charge < -0.3 is 20.4 Å². The zero-order valence-corrected chi connectivity index (χ0v) is 17.6. The van der Waals surface area contributed by atoms with E-state index in [-0.39, 0.29) is 41.9 Å². The first-order valence-corrected chi connectivity index (χ1v) is 9.57. The van der Waals surface area contributed by atoms with Crippen molar-refractivity contribution >= 4 is 17.5 Å². The number of nitrogens with zero attached hydrogens (tertiary/aromatic N) is 3. The van der Waals surface area contributed by atoms with Crippen molar-refractivity contribution in [3.05, 3.63) is 48.0 Å². The predicted octanol–water partition coefficient (Wildman–Crippen LogP) is 2.33. The van der Waals surface area contributed by atoms with Crippen LogP contribution in [0.3, 0.4) is 0 Å². The predicted molar refractivity (Wildman–Crippen MR) is 112 cm³/mol. The Morgan fingerprint density at radius 2 is 2.06 bits per heavy atom. The van der Waals surface area contributed by atoms with E-state index in [1.807, 2.05) is 0 Å². The summed E-state index contributed by atoms with van der Waals surface area (Å²) < 4.78 is 45.8. The third kappa shape index (κ3) is 6.60. The molecule has 3 N–H and O–H groups in total. The third-order valence-electron chi connectivity index (χ3n) is 4.14. The van der Waals surface area contributed by atoms with E-state index in [1.165, 1.54) is 36.0 Å². The molecule has 2 heterocycles. The first-order valence-electron chi connectivity index (χ1n) is 9.57. The van der Waals surface area contributed by atoms with Gasteiger partial charge in [0.15, 0.2) is 0 Å². The van der Waals surface area contributed by atoms with Gasteiger partial charge in [-0.3, -0.25) is 14.3 Å². The third-order valence-corrected chi connectivity index (χ3v) is 4.14. The fourth-order valence-corrected chi connectivity index (χ4v) is 2.67. The number of amides is 2. The van der Waals surface area contributed by atoms with Crippen LogP contribution in [-0.4, -0.2) is 44.7 Å². The number of anilines is 1. The quantitative estimate of drug-likeness (QED) is 0.386. The number of hydrogen-bond acceptors (Lipinski definition) is 5. The minimum Gasteiger partial charge on any atom is -0.490 e. The van der Waals surface area contributed by atoms with Gasteiger partial charge in [0.05, 0.1) is 30.2 Å². The van der Waals surface area contributed by atoms with Gasteiger partial charge in [-0.15, -0.1) is 0 Å². The largest absolute Gasteiger partial charge is 0.490 e. The molecule has 0 aliphatic rings. The van der Waals surface area contributed by atoms with Crippen LogP contribution in [0.1, 0.15) is 18.2 Å². The number of imidazole rings is 1. The lowest BCUT2D eigenvalue weighted by molar-refractivity contribution is -0.140. The molecule has 3 rings (SSSR count). The highest BCUT2D eigenvalue weighted by Crippen LogP contribution is 2.32. The van der Waals surface area contributed by atoms with E-state index < -0.39 is 17.8 Å². The van der Waals surface area contributed by atoms with Crippen LogP contribution in [0.4, 0.5) is 18.9 Å². The number of aromatic nitrogens is 4. The second-order valence-corrected chi connectivity index (χ2v) is 6.79. The lowest BCUT2D eigenvalue weighted by atomic mass is 10.1. The van der Waals surface area contributed by atoms with Gasteiger partial charge in [-0.25, -0.2) is 4.98 Å². The molecule has 12 heteroatoms. The Bertz CT molecular complexity index is 1220. The molecule has 3 aromatic rings. The minimum atomic E-state index is -4.57. The van der Waals surface area contributed by atoms with Gasteiger partial charge in [0.2, 0.25) is 5.91 Å². The average Bonchev–Trinajstić information content (AvgIpc) is 3.39. The highest BCUT2D eigenvalue weighted by atomic mass is 19.4. The van der Waals surface area contributed by atoms with Crippen molar-refractivity contribution in [2.24, 2.45) is 7.05 Å². The highest BCUT2D eigenvalue weighted by molar-refractivity contribution is 6.05. The molecule has 2 aromatic heterocycles. The Morgan fingerprint density at radius 1 is 1.27 bits per heavy atom. The molecule has 0 bridgehead atoms. The Balaban J connectivity index is 1.83. The van der Waals surface area contributed by atoms with Crippen LogP contribution >= 0.6 is 0 Å². The molecule has 0 atom stereocenters. The number of halogens is 3. The summed E-state index contributed by atoms with van der Waals surface area (Å²) in [5, 5.41) is 9.09. The maximum atomic E-state index is 12.9. The fourth-order valence-electron chi connectivity index (χ4n) is 2.67. The molecular formula is C21H19F3N6O3. The lowest BCUT2D eigenvalue weighted by Gasteiger charge is -2.13. The van der Waals surface area contributed by atoms with Crippen molar-refractivity contribution in [3.63, 3.8) is 0 Å². The number of hydrogen-bond donors (Lipinski definition) is 3. The summed E-state index contributed by atoms with van der Waals surface area (Å²) in [7, 11) is 1.71. The van der Waals surface area contributed by atoms with Crippen molar-refractivity contribution in [3.8, 4) is 29.0 Å². The number of benzene rings is 1. The lowest BCUT2D eigenvalue weighted by Crippen LogP contribution is -2.25. The second-order valence-electron chi connectivity index (χ2n) is 6.79. The smallest absolute Gasteiger partial charge is 0.432 e. The van der Waals surface area contributed by atoms with Crippen molar-refractivity contribution < 1.29 is 27.5 Å². The Kier molecular flexibility index (Phi) is 7.02. The van der Waals surface area contributed by atoms with Gasteiger partial charge in [0.25, 0.3) is 0 Å². The molecule has 0 saturated heterocycles. The normalized spacial score (nSPS) is 10.8. The van der Waals surface area contributed by atoms with Gasteiger partial charge in [0.1, 0.15) is 23.9 Å². The summed E-state index contributed by atoms with van der Waals surface area (Å²) >= 11 is 0. The van der Waals surface area contributed by atoms with Crippen molar-refractivity contribution in [2.45, 2.75) is 13.1 Å². The van der Waals surface area contributed by atoms with Gasteiger partial charge in [0, 0.05) is 31.7 Å². The standard InChI is InChI=1S/C21H19F3N6O3/c1-13(31)25-7-8-33-17-5-4-15(20-26-11-18(29-20)21(22,23)24)9-16(17)28-19(32)6-3-14-10-27-30(2)12-14/h4-5,9-12H,7-8H2,1-2H3,(H,25,31)(H,26,29)(H,28,32). The first kappa shape index (κ1) is 23.4. The van der Waals surface area contributed by atoms with E-state index >= 15 is 0 Å². The summed E-state index contributed by atoms with van der Waals surface area (Å²) in [6.07, 6.45) is -0.763. The number of aryl methyl sites for hydroxylation is 1. The topological polar surface area (TPSA) is 114 Å².